The molecule has 0 aromatic carbocycles. The smallest absolute Gasteiger partial charge is 0.160 e. The highest BCUT2D eigenvalue weighted by atomic mass is 127. The van der Waals surface area contributed by atoms with Crippen molar-refractivity contribution in [3.8, 4) is 5.75 Å². The van der Waals surface area contributed by atoms with Gasteiger partial charge in [-0.25, -0.2) is 0 Å². The molecule has 0 atom stereocenters. The van der Waals surface area contributed by atoms with Crippen LogP contribution in [0.1, 0.15) is 5.69 Å². The Hall–Kier alpha value is -0.520. The number of methoxy groups -OCH3 is 1. The predicted molar refractivity (Wildman–Crippen MR) is 65.3 cm³/mol. The third-order valence-corrected chi connectivity index (χ3v) is 1.69. The van der Waals surface area contributed by atoms with Crippen LogP contribution in [0.5, 0.6) is 5.75 Å². The molecule has 1 aromatic rings. The summed E-state index contributed by atoms with van der Waals surface area (Å²) in [6.07, 6.45) is 1.74. The number of pyridine rings is 1. The molecule has 74 valence electrons. The summed E-state index contributed by atoms with van der Waals surface area (Å²) in [7, 11) is 5.62. The summed E-state index contributed by atoms with van der Waals surface area (Å²) in [5.74, 6) is 0.811. The van der Waals surface area contributed by atoms with Gasteiger partial charge in [0, 0.05) is 19.8 Å². The molecule has 0 aliphatic rings. The number of hydrogen-bond donors (Lipinski definition) is 0. The topological polar surface area (TPSA) is 25.4 Å². The van der Waals surface area contributed by atoms with Gasteiger partial charge in [0.1, 0.15) is 0 Å². The quantitative estimate of drug-likeness (QED) is 0.781. The van der Waals surface area contributed by atoms with E-state index in [1.54, 1.807) is 13.3 Å². The molecule has 0 aliphatic carbocycles. The molecule has 4 heteroatoms. The molecule has 0 fully saturated rings. The van der Waals surface area contributed by atoms with Crippen LogP contribution in [0.15, 0.2) is 12.3 Å². The summed E-state index contributed by atoms with van der Waals surface area (Å²) < 4.78 is 5.16. The Morgan fingerprint density at radius 1 is 1.38 bits per heavy atom. The van der Waals surface area contributed by atoms with Gasteiger partial charge in [0.25, 0.3) is 0 Å². The lowest BCUT2D eigenvalue weighted by Crippen LogP contribution is -2.10. The van der Waals surface area contributed by atoms with Gasteiger partial charge in [-0.05, 0) is 13.0 Å². The number of aryl methyl sites for hydroxylation is 1. The molecular weight excluding hydrogens is 279 g/mol. The molecule has 0 radical (unpaired) electrons. The van der Waals surface area contributed by atoms with Crippen LogP contribution < -0.4 is 9.64 Å². The van der Waals surface area contributed by atoms with Gasteiger partial charge in [0.2, 0.25) is 0 Å². The van der Waals surface area contributed by atoms with Crippen molar-refractivity contribution in [3.05, 3.63) is 18.0 Å². The van der Waals surface area contributed by atoms with E-state index in [4.69, 9.17) is 4.74 Å². The molecular formula is C9H15IN2O. The first kappa shape index (κ1) is 12.5. The van der Waals surface area contributed by atoms with Crippen molar-refractivity contribution in [2.24, 2.45) is 0 Å². The summed E-state index contributed by atoms with van der Waals surface area (Å²) in [6, 6.07) is 2.00. The first-order valence-corrected chi connectivity index (χ1v) is 3.83. The van der Waals surface area contributed by atoms with Crippen LogP contribution in [0, 0.1) is 6.92 Å². The SMILES string of the molecule is COc1cnc(C)cc1N(C)C.I. The van der Waals surface area contributed by atoms with Gasteiger partial charge in [0.05, 0.1) is 19.0 Å². The normalized spacial score (nSPS) is 8.92. The predicted octanol–water partition coefficient (Wildman–Crippen LogP) is 2.08. The van der Waals surface area contributed by atoms with Crippen LogP contribution in [0.3, 0.4) is 0 Å². The largest absolute Gasteiger partial charge is 0.493 e. The Bertz CT molecular complexity index is 276. The Kier molecular flexibility index (Phi) is 5.05. The maximum atomic E-state index is 5.16. The van der Waals surface area contributed by atoms with E-state index >= 15 is 0 Å². The Morgan fingerprint density at radius 2 is 2.00 bits per heavy atom. The van der Waals surface area contributed by atoms with E-state index in [9.17, 15) is 0 Å². The maximum Gasteiger partial charge on any atom is 0.160 e. The zero-order valence-corrected chi connectivity index (χ0v) is 10.7. The summed E-state index contributed by atoms with van der Waals surface area (Å²) in [5, 5.41) is 0. The number of nitrogens with zero attached hydrogens (tertiary/aromatic N) is 2. The number of ether oxygens (including phenoxy) is 1. The Morgan fingerprint density at radius 3 is 2.46 bits per heavy atom. The average molecular weight is 294 g/mol. The van der Waals surface area contributed by atoms with Crippen LogP contribution >= 0.6 is 24.0 Å². The lowest BCUT2D eigenvalue weighted by Gasteiger charge is -2.16. The van der Waals surface area contributed by atoms with E-state index in [1.807, 2.05) is 32.0 Å². The van der Waals surface area contributed by atoms with E-state index in [-0.39, 0.29) is 24.0 Å². The zero-order chi connectivity index (χ0) is 9.14. The molecule has 0 unspecified atom stereocenters. The molecule has 0 aliphatic heterocycles. The monoisotopic (exact) mass is 294 g/mol. The molecule has 13 heavy (non-hydrogen) atoms. The summed E-state index contributed by atoms with van der Waals surface area (Å²) in [6.45, 7) is 1.96. The minimum atomic E-state index is 0. The summed E-state index contributed by atoms with van der Waals surface area (Å²) >= 11 is 0. The number of hydrogen-bond acceptors (Lipinski definition) is 3. The lowest BCUT2D eigenvalue weighted by atomic mass is 10.3. The third-order valence-electron chi connectivity index (χ3n) is 1.69. The maximum absolute atomic E-state index is 5.16. The molecule has 1 heterocycles. The number of anilines is 1. The van der Waals surface area contributed by atoms with Gasteiger partial charge in [-0.15, -0.1) is 24.0 Å². The van der Waals surface area contributed by atoms with Crippen molar-refractivity contribution in [2.45, 2.75) is 6.92 Å². The first-order chi connectivity index (χ1) is 5.65. The van der Waals surface area contributed by atoms with Crippen molar-refractivity contribution >= 4 is 29.7 Å². The third kappa shape index (κ3) is 3.02. The molecule has 0 saturated heterocycles. The van der Waals surface area contributed by atoms with Crippen molar-refractivity contribution in [2.75, 3.05) is 26.1 Å². The van der Waals surface area contributed by atoms with Gasteiger partial charge >= 0.3 is 0 Å². The van der Waals surface area contributed by atoms with Gasteiger partial charge in [0.15, 0.2) is 5.75 Å². The highest BCUT2D eigenvalue weighted by Crippen LogP contribution is 2.25. The molecule has 1 rings (SSSR count). The fraction of sp³-hybridized carbons (Fsp3) is 0.444. The second-order valence-corrected chi connectivity index (χ2v) is 2.89. The molecule has 0 amide bonds. The van der Waals surface area contributed by atoms with Crippen LogP contribution in [0.2, 0.25) is 0 Å². The zero-order valence-electron chi connectivity index (χ0n) is 8.37. The minimum Gasteiger partial charge on any atom is -0.493 e. The molecule has 1 aromatic heterocycles. The fourth-order valence-corrected chi connectivity index (χ4v) is 1.04. The number of rotatable bonds is 2. The van der Waals surface area contributed by atoms with Gasteiger partial charge in [-0.1, -0.05) is 0 Å². The summed E-state index contributed by atoms with van der Waals surface area (Å²) in [4.78, 5) is 6.15. The highest BCUT2D eigenvalue weighted by molar-refractivity contribution is 14.0. The number of halogens is 1. The first-order valence-electron chi connectivity index (χ1n) is 3.83. The number of aromatic nitrogens is 1. The second kappa shape index (κ2) is 5.26. The van der Waals surface area contributed by atoms with Crippen LogP contribution in [0.25, 0.3) is 0 Å². The van der Waals surface area contributed by atoms with E-state index in [2.05, 4.69) is 4.98 Å². The molecule has 0 spiro atoms. The van der Waals surface area contributed by atoms with Crippen molar-refractivity contribution < 1.29 is 4.74 Å². The van der Waals surface area contributed by atoms with E-state index in [0.29, 0.717) is 0 Å². The van der Waals surface area contributed by atoms with Crippen molar-refractivity contribution in [1.29, 1.82) is 0 Å². The highest BCUT2D eigenvalue weighted by Gasteiger charge is 2.04. The Balaban J connectivity index is 0.00000144. The Labute approximate surface area is 96.1 Å². The summed E-state index contributed by atoms with van der Waals surface area (Å²) in [5.41, 5.74) is 2.06. The van der Waals surface area contributed by atoms with Gasteiger partial charge in [-0.3, -0.25) is 4.98 Å². The van der Waals surface area contributed by atoms with Crippen LogP contribution in [0.4, 0.5) is 5.69 Å². The average Bonchev–Trinajstić information content (AvgIpc) is 2.04. The second-order valence-electron chi connectivity index (χ2n) is 2.89. The van der Waals surface area contributed by atoms with Crippen molar-refractivity contribution in [1.82, 2.24) is 4.98 Å². The molecule has 0 N–H and O–H groups in total. The fourth-order valence-electron chi connectivity index (χ4n) is 1.04. The van der Waals surface area contributed by atoms with Gasteiger partial charge < -0.3 is 9.64 Å². The lowest BCUT2D eigenvalue weighted by molar-refractivity contribution is 0.413. The van der Waals surface area contributed by atoms with Crippen LogP contribution in [-0.2, 0) is 0 Å². The molecule has 0 bridgehead atoms. The van der Waals surface area contributed by atoms with Crippen molar-refractivity contribution in [3.63, 3.8) is 0 Å². The molecule has 3 nitrogen and oxygen atoms in total. The molecule has 0 saturated carbocycles. The van der Waals surface area contributed by atoms with E-state index in [1.165, 1.54) is 0 Å². The van der Waals surface area contributed by atoms with Crippen LogP contribution in [-0.4, -0.2) is 26.2 Å². The minimum absolute atomic E-state index is 0. The van der Waals surface area contributed by atoms with E-state index < -0.39 is 0 Å². The van der Waals surface area contributed by atoms with Gasteiger partial charge in [-0.2, -0.15) is 0 Å². The standard InChI is InChI=1S/C9H14N2O.HI/c1-7-5-8(11(2)3)9(12-4)6-10-7;/h5-6H,1-4H3;1H. The van der Waals surface area contributed by atoms with E-state index in [0.717, 1.165) is 17.1 Å².